The molecule has 0 radical (unpaired) electrons. The predicted molar refractivity (Wildman–Crippen MR) is 261 cm³/mol. The van der Waals surface area contributed by atoms with Gasteiger partial charge >= 0.3 is 0 Å². The molecule has 0 nitrogen and oxygen atoms in total. The number of benzene rings is 7. The van der Waals surface area contributed by atoms with Crippen LogP contribution in [0.25, 0.3) is 21.9 Å². The first-order chi connectivity index (χ1) is 27.6. The lowest BCUT2D eigenvalue weighted by atomic mass is 10.0. The molecule has 0 unspecified atom stereocenters. The van der Waals surface area contributed by atoms with Gasteiger partial charge in [-0.3, -0.25) is 0 Å². The van der Waals surface area contributed by atoms with E-state index in [0.29, 0.717) is 0 Å². The summed E-state index contributed by atoms with van der Waals surface area (Å²) in [5.41, 5.74) is 16.3. The molecule has 0 aromatic heterocycles. The molecule has 7 aromatic rings. The Hall–Kier alpha value is -5.20. The van der Waals surface area contributed by atoms with E-state index in [-0.39, 0.29) is 0 Å². The van der Waals surface area contributed by atoms with E-state index in [1.807, 2.05) is 61.5 Å². The third kappa shape index (κ3) is 19.0. The van der Waals surface area contributed by atoms with Crippen molar-refractivity contribution in [1.29, 1.82) is 0 Å². The molecule has 7 aromatic carbocycles. The van der Waals surface area contributed by atoms with Gasteiger partial charge in [0.1, 0.15) is 0 Å². The van der Waals surface area contributed by atoms with E-state index in [0.717, 1.165) is 6.42 Å². The molecule has 0 spiro atoms. The van der Waals surface area contributed by atoms with Gasteiger partial charge in [0.2, 0.25) is 0 Å². The van der Waals surface area contributed by atoms with Crippen molar-refractivity contribution in [3.05, 3.63) is 213 Å². The average Bonchev–Trinajstić information content (AvgIpc) is 3.26. The Morgan fingerprint density at radius 1 is 0.263 bits per heavy atom. The van der Waals surface area contributed by atoms with Crippen molar-refractivity contribution in [2.75, 3.05) is 0 Å². The first-order valence-electron chi connectivity index (χ1n) is 21.3. The summed E-state index contributed by atoms with van der Waals surface area (Å²) < 4.78 is 0. The van der Waals surface area contributed by atoms with Crippen LogP contribution in [0.2, 0.25) is 0 Å². The molecule has 0 heteroatoms. The lowest BCUT2D eigenvalue weighted by Gasteiger charge is -2.05. The maximum atomic E-state index is 2.28. The highest BCUT2D eigenvalue weighted by Gasteiger charge is 2.00. The normalized spacial score (nSPS) is 9.12. The van der Waals surface area contributed by atoms with E-state index in [2.05, 4.69) is 207 Å². The highest BCUT2D eigenvalue weighted by Crippen LogP contribution is 2.22. The minimum absolute atomic E-state index is 1.03. The summed E-state index contributed by atoms with van der Waals surface area (Å²) >= 11 is 0. The Morgan fingerprint density at radius 3 is 1.07 bits per heavy atom. The molecule has 304 valence electrons. The molecule has 0 aliphatic carbocycles. The van der Waals surface area contributed by atoms with Gasteiger partial charge in [-0.15, -0.1) is 0 Å². The first kappa shape index (κ1) is 51.8. The van der Waals surface area contributed by atoms with Gasteiger partial charge in [0.25, 0.3) is 0 Å². The fraction of sp³-hybridized carbons (Fsp3) is 0.298. The Bertz CT molecular complexity index is 1990. The van der Waals surface area contributed by atoms with Crippen LogP contribution in [0.5, 0.6) is 0 Å². The third-order valence-electron chi connectivity index (χ3n) is 9.18. The van der Waals surface area contributed by atoms with Crippen LogP contribution in [0, 0.1) is 55.4 Å². The Morgan fingerprint density at radius 2 is 0.649 bits per heavy atom. The van der Waals surface area contributed by atoms with E-state index >= 15 is 0 Å². The zero-order chi connectivity index (χ0) is 43.2. The second-order valence-corrected chi connectivity index (χ2v) is 13.1. The van der Waals surface area contributed by atoms with E-state index in [1.54, 1.807) is 0 Å². The van der Waals surface area contributed by atoms with Crippen molar-refractivity contribution in [2.45, 2.75) is 117 Å². The maximum absolute atomic E-state index is 2.28. The fourth-order valence-electron chi connectivity index (χ4n) is 5.71. The number of rotatable bonds is 3. The first-order valence-corrected chi connectivity index (χ1v) is 21.3. The van der Waals surface area contributed by atoms with Crippen LogP contribution in [0.4, 0.5) is 0 Å². The number of fused-ring (bicyclic) bond motifs is 1. The SMILES string of the molecule is CC.CC.CC.CC.Cc1ccc(-c2ccccc2)cc1C.Cc1ccc(Cc2ccccc2)cc1C.Cc1cccc2cccc(C)c12.Cc1ccccc1C. The van der Waals surface area contributed by atoms with Crippen molar-refractivity contribution < 1.29 is 0 Å². The van der Waals surface area contributed by atoms with Gasteiger partial charge in [-0.05, 0) is 139 Å². The van der Waals surface area contributed by atoms with Crippen LogP contribution >= 0.6 is 0 Å². The molecule has 7 rings (SSSR count). The molecule has 57 heavy (non-hydrogen) atoms. The quantitative estimate of drug-likeness (QED) is 0.168. The molecule has 0 fully saturated rings. The fourth-order valence-corrected chi connectivity index (χ4v) is 5.71. The van der Waals surface area contributed by atoms with Gasteiger partial charge in [-0.1, -0.05) is 213 Å². The summed E-state index contributed by atoms with van der Waals surface area (Å²) in [7, 11) is 0. The van der Waals surface area contributed by atoms with Crippen LogP contribution in [0.1, 0.15) is 111 Å². The van der Waals surface area contributed by atoms with E-state index in [4.69, 9.17) is 0 Å². The Kier molecular flexibility index (Phi) is 28.1. The number of hydrogen-bond acceptors (Lipinski definition) is 0. The Balaban J connectivity index is 0.000000703. The lowest BCUT2D eigenvalue weighted by Crippen LogP contribution is -1.89. The Labute approximate surface area is 351 Å². The highest BCUT2D eigenvalue weighted by atomic mass is 14.0. The van der Waals surface area contributed by atoms with Crippen LogP contribution in [-0.2, 0) is 6.42 Å². The largest absolute Gasteiger partial charge is 0.0683 e. The summed E-state index contributed by atoms with van der Waals surface area (Å²) in [6, 6.07) is 55.6. The minimum Gasteiger partial charge on any atom is -0.0683 e. The number of hydrogen-bond donors (Lipinski definition) is 0. The molecule has 0 aliphatic heterocycles. The van der Waals surface area contributed by atoms with Gasteiger partial charge in [-0.25, -0.2) is 0 Å². The van der Waals surface area contributed by atoms with Gasteiger partial charge in [0.05, 0.1) is 0 Å². The van der Waals surface area contributed by atoms with Crippen molar-refractivity contribution >= 4 is 10.8 Å². The van der Waals surface area contributed by atoms with Crippen LogP contribution in [0.3, 0.4) is 0 Å². The molecule has 0 bridgehead atoms. The zero-order valence-electron chi connectivity index (χ0n) is 38.7. The molecule has 0 saturated heterocycles. The summed E-state index contributed by atoms with van der Waals surface area (Å²) in [6.45, 7) is 33.2. The standard InChI is InChI=1S/C15H16.C14H14.C12H12.C8H10.4C2H6/c1-12-8-9-15(10-13(12)2)11-14-6-4-3-5-7-14;1-11-8-9-14(10-12(11)2)13-6-4-3-5-7-13;1-9-5-3-7-11-8-4-6-10(2)12(9)11;1-7-5-3-4-6-8(7)2;4*1-2/h3-10H,11H2,1-2H3;3-10H,1-2H3;3-8H,1-2H3;3-6H,1-2H3;4*1-2H3. The predicted octanol–water partition coefficient (Wildman–Crippen LogP) is 17.7. The van der Waals surface area contributed by atoms with Crippen LogP contribution in [-0.4, -0.2) is 0 Å². The van der Waals surface area contributed by atoms with Gasteiger partial charge in [0.15, 0.2) is 0 Å². The third-order valence-corrected chi connectivity index (χ3v) is 9.18. The summed E-state index contributed by atoms with van der Waals surface area (Å²) in [4.78, 5) is 0. The monoisotopic (exact) mass is 761 g/mol. The summed E-state index contributed by atoms with van der Waals surface area (Å²) in [6.07, 6.45) is 1.03. The van der Waals surface area contributed by atoms with Crippen molar-refractivity contribution in [1.82, 2.24) is 0 Å². The highest BCUT2D eigenvalue weighted by molar-refractivity contribution is 5.88. The number of aryl methyl sites for hydroxylation is 8. The van der Waals surface area contributed by atoms with E-state index < -0.39 is 0 Å². The van der Waals surface area contributed by atoms with Crippen LogP contribution in [0.15, 0.2) is 158 Å². The van der Waals surface area contributed by atoms with Gasteiger partial charge in [0, 0.05) is 0 Å². The average molecular weight is 761 g/mol. The summed E-state index contributed by atoms with van der Waals surface area (Å²) in [5, 5.41) is 2.75. The molecular formula is C57H76. The van der Waals surface area contributed by atoms with E-state index in [1.165, 1.54) is 77.5 Å². The van der Waals surface area contributed by atoms with Crippen LogP contribution < -0.4 is 0 Å². The molecule has 0 heterocycles. The second-order valence-electron chi connectivity index (χ2n) is 13.1. The van der Waals surface area contributed by atoms with E-state index in [9.17, 15) is 0 Å². The summed E-state index contributed by atoms with van der Waals surface area (Å²) in [5.74, 6) is 0. The van der Waals surface area contributed by atoms with Crippen molar-refractivity contribution in [3.63, 3.8) is 0 Å². The second kappa shape index (κ2) is 31.0. The van der Waals surface area contributed by atoms with Crippen molar-refractivity contribution in [2.24, 2.45) is 0 Å². The minimum atomic E-state index is 1.03. The molecule has 0 amide bonds. The topological polar surface area (TPSA) is 0 Å². The lowest BCUT2D eigenvalue weighted by molar-refractivity contribution is 1.17. The maximum Gasteiger partial charge on any atom is -0.00257 e. The molecule has 0 aliphatic rings. The van der Waals surface area contributed by atoms with Gasteiger partial charge < -0.3 is 0 Å². The van der Waals surface area contributed by atoms with Gasteiger partial charge in [-0.2, -0.15) is 0 Å². The molecular weight excluding hydrogens is 685 g/mol. The molecule has 0 atom stereocenters. The van der Waals surface area contributed by atoms with Crippen molar-refractivity contribution in [3.8, 4) is 11.1 Å². The molecule has 0 saturated carbocycles. The zero-order valence-corrected chi connectivity index (χ0v) is 38.7. The smallest absolute Gasteiger partial charge is 0.00257 e. The molecule has 0 N–H and O–H groups in total.